The van der Waals surface area contributed by atoms with Crippen molar-refractivity contribution in [2.75, 3.05) is 0 Å². The predicted octanol–water partition coefficient (Wildman–Crippen LogP) is 2.50. The molecule has 0 unspecified atom stereocenters. The molecule has 0 aliphatic heterocycles. The number of fused-ring (bicyclic) bond motifs is 1. The fourth-order valence-electron chi connectivity index (χ4n) is 2.26. The average molecular weight is 254 g/mol. The summed E-state index contributed by atoms with van der Waals surface area (Å²) in [6, 6.07) is 8.60. The van der Waals surface area contributed by atoms with E-state index in [1.54, 1.807) is 0 Å². The fraction of sp³-hybridized carbons (Fsp3) is 0.267. The number of rotatable bonds is 4. The summed E-state index contributed by atoms with van der Waals surface area (Å²) < 4.78 is 1.90. The summed E-state index contributed by atoms with van der Waals surface area (Å²) in [7, 11) is 1.97. The number of hydrogen-bond donors (Lipinski definition) is 2. The molecule has 0 fully saturated rings. The van der Waals surface area contributed by atoms with Crippen LogP contribution in [-0.2, 0) is 20.1 Å². The van der Waals surface area contributed by atoms with Crippen molar-refractivity contribution in [2.45, 2.75) is 20.0 Å². The summed E-state index contributed by atoms with van der Waals surface area (Å²) in [4.78, 5) is 3.24. The fourth-order valence-corrected chi connectivity index (χ4v) is 2.26. The molecule has 1 aromatic carbocycles. The van der Waals surface area contributed by atoms with Gasteiger partial charge in [0, 0.05) is 43.1 Å². The van der Waals surface area contributed by atoms with Gasteiger partial charge in [0.1, 0.15) is 0 Å². The monoisotopic (exact) mass is 254 g/mol. The molecule has 0 aliphatic carbocycles. The maximum atomic E-state index is 4.25. The van der Waals surface area contributed by atoms with E-state index in [2.05, 4.69) is 46.6 Å². The van der Waals surface area contributed by atoms with Crippen molar-refractivity contribution in [1.82, 2.24) is 20.1 Å². The SMILES string of the molecule is Cc1c(CNCc2ccc3cc[nH]c3c2)cnn1C. The summed E-state index contributed by atoms with van der Waals surface area (Å²) in [5.74, 6) is 0. The van der Waals surface area contributed by atoms with Gasteiger partial charge in [0.25, 0.3) is 0 Å². The van der Waals surface area contributed by atoms with E-state index in [4.69, 9.17) is 0 Å². The third-order valence-corrected chi connectivity index (χ3v) is 3.60. The van der Waals surface area contributed by atoms with Crippen molar-refractivity contribution in [1.29, 1.82) is 0 Å². The van der Waals surface area contributed by atoms with Gasteiger partial charge in [-0.15, -0.1) is 0 Å². The second-order valence-corrected chi connectivity index (χ2v) is 4.88. The van der Waals surface area contributed by atoms with Gasteiger partial charge >= 0.3 is 0 Å². The van der Waals surface area contributed by atoms with Crippen LogP contribution in [0.1, 0.15) is 16.8 Å². The highest BCUT2D eigenvalue weighted by atomic mass is 15.3. The molecule has 98 valence electrons. The van der Waals surface area contributed by atoms with Crippen LogP contribution in [0.3, 0.4) is 0 Å². The standard InChI is InChI=1S/C15H18N4/c1-11-14(10-18-19(11)2)9-16-8-12-3-4-13-5-6-17-15(13)7-12/h3-7,10,16-17H,8-9H2,1-2H3. The first-order valence-corrected chi connectivity index (χ1v) is 6.48. The second kappa shape index (κ2) is 4.90. The quantitative estimate of drug-likeness (QED) is 0.751. The van der Waals surface area contributed by atoms with Gasteiger partial charge in [-0.2, -0.15) is 5.10 Å². The highest BCUT2D eigenvalue weighted by Gasteiger charge is 2.03. The first-order valence-electron chi connectivity index (χ1n) is 6.48. The number of aryl methyl sites for hydroxylation is 1. The van der Waals surface area contributed by atoms with Crippen molar-refractivity contribution in [3.63, 3.8) is 0 Å². The van der Waals surface area contributed by atoms with E-state index < -0.39 is 0 Å². The Kier molecular flexibility index (Phi) is 3.09. The first kappa shape index (κ1) is 12.0. The molecule has 2 aromatic heterocycles. The summed E-state index contributed by atoms with van der Waals surface area (Å²) in [6.07, 6.45) is 3.90. The molecule has 19 heavy (non-hydrogen) atoms. The van der Waals surface area contributed by atoms with Gasteiger partial charge in [-0.1, -0.05) is 12.1 Å². The molecule has 2 heterocycles. The highest BCUT2D eigenvalue weighted by molar-refractivity contribution is 5.79. The van der Waals surface area contributed by atoms with Crippen LogP contribution in [0.5, 0.6) is 0 Å². The number of aromatic amines is 1. The Balaban J connectivity index is 1.64. The van der Waals surface area contributed by atoms with Crippen LogP contribution in [-0.4, -0.2) is 14.8 Å². The number of H-pyrrole nitrogens is 1. The first-order chi connectivity index (χ1) is 9.24. The molecule has 0 saturated carbocycles. The molecule has 0 radical (unpaired) electrons. The van der Waals surface area contributed by atoms with Crippen molar-refractivity contribution in [3.8, 4) is 0 Å². The Labute approximate surface area is 112 Å². The van der Waals surface area contributed by atoms with Crippen LogP contribution in [0.15, 0.2) is 36.7 Å². The lowest BCUT2D eigenvalue weighted by Gasteiger charge is -2.05. The lowest BCUT2D eigenvalue weighted by atomic mass is 10.1. The molecule has 0 spiro atoms. The minimum Gasteiger partial charge on any atom is -0.361 e. The van der Waals surface area contributed by atoms with Gasteiger partial charge in [0.05, 0.1) is 6.20 Å². The summed E-state index contributed by atoms with van der Waals surface area (Å²) in [5.41, 5.74) is 4.95. The Hall–Kier alpha value is -2.07. The number of nitrogens with zero attached hydrogens (tertiary/aromatic N) is 2. The van der Waals surface area contributed by atoms with E-state index in [1.807, 2.05) is 24.1 Å². The van der Waals surface area contributed by atoms with Crippen LogP contribution in [0.4, 0.5) is 0 Å². The van der Waals surface area contributed by atoms with E-state index in [-0.39, 0.29) is 0 Å². The molecule has 3 aromatic rings. The maximum Gasteiger partial charge on any atom is 0.0537 e. The van der Waals surface area contributed by atoms with Crippen molar-refractivity contribution in [2.24, 2.45) is 7.05 Å². The van der Waals surface area contributed by atoms with Crippen LogP contribution < -0.4 is 5.32 Å². The summed E-state index contributed by atoms with van der Waals surface area (Å²) >= 11 is 0. The third kappa shape index (κ3) is 2.39. The van der Waals surface area contributed by atoms with E-state index >= 15 is 0 Å². The van der Waals surface area contributed by atoms with Crippen molar-refractivity contribution >= 4 is 10.9 Å². The summed E-state index contributed by atoms with van der Waals surface area (Å²) in [6.45, 7) is 3.81. The minimum atomic E-state index is 0.850. The van der Waals surface area contributed by atoms with Crippen LogP contribution in [0.25, 0.3) is 10.9 Å². The number of aromatic nitrogens is 3. The smallest absolute Gasteiger partial charge is 0.0537 e. The van der Waals surface area contributed by atoms with Gasteiger partial charge in [-0.3, -0.25) is 4.68 Å². The summed E-state index contributed by atoms with van der Waals surface area (Å²) in [5, 5.41) is 8.97. The molecule has 0 aliphatic rings. The highest BCUT2D eigenvalue weighted by Crippen LogP contribution is 2.14. The largest absolute Gasteiger partial charge is 0.361 e. The Morgan fingerprint density at radius 3 is 2.95 bits per heavy atom. The maximum absolute atomic E-state index is 4.25. The van der Waals surface area contributed by atoms with Gasteiger partial charge in [0.15, 0.2) is 0 Å². The molecule has 4 heteroatoms. The molecule has 0 bridgehead atoms. The molecule has 4 nitrogen and oxygen atoms in total. The zero-order chi connectivity index (χ0) is 13.2. The lowest BCUT2D eigenvalue weighted by molar-refractivity contribution is 0.685. The van der Waals surface area contributed by atoms with Gasteiger partial charge < -0.3 is 10.3 Å². The second-order valence-electron chi connectivity index (χ2n) is 4.88. The number of nitrogens with one attached hydrogen (secondary N) is 2. The van der Waals surface area contributed by atoms with Crippen molar-refractivity contribution < 1.29 is 0 Å². The molecule has 0 amide bonds. The normalized spacial score (nSPS) is 11.3. The van der Waals surface area contributed by atoms with Crippen LogP contribution >= 0.6 is 0 Å². The number of benzene rings is 1. The number of hydrogen-bond acceptors (Lipinski definition) is 2. The van der Waals surface area contributed by atoms with Crippen LogP contribution in [0.2, 0.25) is 0 Å². The van der Waals surface area contributed by atoms with Crippen LogP contribution in [0, 0.1) is 6.92 Å². The Bertz CT molecular complexity index is 693. The Morgan fingerprint density at radius 1 is 1.26 bits per heavy atom. The molecule has 3 rings (SSSR count). The average Bonchev–Trinajstić information content (AvgIpc) is 2.99. The van der Waals surface area contributed by atoms with E-state index in [0.717, 1.165) is 13.1 Å². The van der Waals surface area contributed by atoms with Gasteiger partial charge in [-0.05, 0) is 30.0 Å². The van der Waals surface area contributed by atoms with E-state index in [1.165, 1.54) is 27.7 Å². The molecule has 0 saturated heterocycles. The minimum absolute atomic E-state index is 0.850. The lowest BCUT2D eigenvalue weighted by Crippen LogP contribution is -2.13. The van der Waals surface area contributed by atoms with E-state index in [0.29, 0.717) is 0 Å². The predicted molar refractivity (Wildman–Crippen MR) is 76.8 cm³/mol. The molecular weight excluding hydrogens is 236 g/mol. The Morgan fingerprint density at radius 2 is 2.16 bits per heavy atom. The zero-order valence-corrected chi connectivity index (χ0v) is 11.3. The third-order valence-electron chi connectivity index (χ3n) is 3.60. The molecule has 0 atom stereocenters. The molecular formula is C15H18N4. The zero-order valence-electron chi connectivity index (χ0n) is 11.3. The van der Waals surface area contributed by atoms with Crippen molar-refractivity contribution in [3.05, 3.63) is 53.5 Å². The van der Waals surface area contributed by atoms with E-state index in [9.17, 15) is 0 Å². The topological polar surface area (TPSA) is 45.6 Å². The molecule has 2 N–H and O–H groups in total. The van der Waals surface area contributed by atoms with Gasteiger partial charge in [-0.25, -0.2) is 0 Å². The van der Waals surface area contributed by atoms with Gasteiger partial charge in [0.2, 0.25) is 0 Å².